The Kier molecular flexibility index (Phi) is 5.21. The zero-order valence-corrected chi connectivity index (χ0v) is 9.52. The molecule has 0 aromatic heterocycles. The number of carboxylic acids is 1. The Hall–Kier alpha value is -1.14. The molecule has 0 amide bonds. The third-order valence-electron chi connectivity index (χ3n) is 2.68. The van der Waals surface area contributed by atoms with E-state index in [9.17, 15) is 9.59 Å². The molecule has 6 nitrogen and oxygen atoms in total. The summed E-state index contributed by atoms with van der Waals surface area (Å²) in [5.74, 6) is -0.990. The lowest BCUT2D eigenvalue weighted by atomic mass is 10.3. The summed E-state index contributed by atoms with van der Waals surface area (Å²) in [6, 6.07) is 0. The Morgan fingerprint density at radius 1 is 1.19 bits per heavy atom. The fourth-order valence-electron chi connectivity index (χ4n) is 1.71. The minimum atomic E-state index is -0.789. The molecule has 1 aliphatic heterocycles. The van der Waals surface area contributed by atoms with Crippen LogP contribution in [0.4, 0.5) is 0 Å². The highest BCUT2D eigenvalue weighted by atomic mass is 16.5. The van der Waals surface area contributed by atoms with Crippen LogP contribution in [-0.4, -0.2) is 73.2 Å². The number of rotatable bonds is 5. The van der Waals surface area contributed by atoms with Gasteiger partial charge in [0, 0.05) is 32.7 Å². The quantitative estimate of drug-likeness (QED) is 0.627. The second kappa shape index (κ2) is 6.44. The number of aliphatic carboxylic acids is 1. The SMILES string of the molecule is COC(=O)CCN1CCN(CC(=O)O)CC1. The normalized spacial score (nSPS) is 18.3. The van der Waals surface area contributed by atoms with Gasteiger partial charge in [-0.3, -0.25) is 14.5 Å². The van der Waals surface area contributed by atoms with E-state index in [1.807, 2.05) is 4.90 Å². The lowest BCUT2D eigenvalue weighted by Gasteiger charge is -2.33. The molecule has 0 radical (unpaired) electrons. The van der Waals surface area contributed by atoms with Crippen molar-refractivity contribution in [1.29, 1.82) is 0 Å². The first-order chi connectivity index (χ1) is 7.61. The summed E-state index contributed by atoms with van der Waals surface area (Å²) in [5.41, 5.74) is 0. The van der Waals surface area contributed by atoms with Crippen LogP contribution in [0, 0.1) is 0 Å². The highest BCUT2D eigenvalue weighted by Crippen LogP contribution is 2.02. The first-order valence-electron chi connectivity index (χ1n) is 5.35. The number of methoxy groups -OCH3 is 1. The summed E-state index contributed by atoms with van der Waals surface area (Å²) in [5, 5.41) is 8.62. The number of piperazine rings is 1. The number of hydrogen-bond acceptors (Lipinski definition) is 5. The Bertz CT molecular complexity index is 249. The van der Waals surface area contributed by atoms with Crippen molar-refractivity contribution in [3.8, 4) is 0 Å². The van der Waals surface area contributed by atoms with Gasteiger partial charge in [0.05, 0.1) is 20.1 Å². The van der Waals surface area contributed by atoms with Gasteiger partial charge in [-0.25, -0.2) is 0 Å². The summed E-state index contributed by atoms with van der Waals surface area (Å²) in [6.07, 6.45) is 0.398. The van der Waals surface area contributed by atoms with Gasteiger partial charge in [-0.2, -0.15) is 0 Å². The Morgan fingerprint density at radius 3 is 2.25 bits per heavy atom. The monoisotopic (exact) mass is 230 g/mol. The van der Waals surface area contributed by atoms with E-state index >= 15 is 0 Å². The van der Waals surface area contributed by atoms with Gasteiger partial charge in [0.1, 0.15) is 0 Å². The van der Waals surface area contributed by atoms with E-state index in [0.717, 1.165) is 26.2 Å². The largest absolute Gasteiger partial charge is 0.480 e. The van der Waals surface area contributed by atoms with Gasteiger partial charge in [-0.05, 0) is 0 Å². The number of carboxylic acid groups (broad SMARTS) is 1. The van der Waals surface area contributed by atoms with Crippen molar-refractivity contribution < 1.29 is 19.4 Å². The topological polar surface area (TPSA) is 70.1 Å². The van der Waals surface area contributed by atoms with Crippen molar-refractivity contribution in [1.82, 2.24) is 9.80 Å². The first-order valence-corrected chi connectivity index (χ1v) is 5.35. The van der Waals surface area contributed by atoms with Gasteiger partial charge in [0.2, 0.25) is 0 Å². The van der Waals surface area contributed by atoms with Crippen molar-refractivity contribution >= 4 is 11.9 Å². The summed E-state index contributed by atoms with van der Waals surface area (Å²) >= 11 is 0. The molecule has 0 unspecified atom stereocenters. The highest BCUT2D eigenvalue weighted by Gasteiger charge is 2.18. The molecule has 0 atom stereocenters. The molecule has 1 heterocycles. The average molecular weight is 230 g/mol. The zero-order valence-electron chi connectivity index (χ0n) is 9.52. The number of ether oxygens (including phenoxy) is 1. The van der Waals surface area contributed by atoms with E-state index in [0.29, 0.717) is 13.0 Å². The zero-order chi connectivity index (χ0) is 12.0. The third kappa shape index (κ3) is 4.59. The second-order valence-corrected chi connectivity index (χ2v) is 3.84. The van der Waals surface area contributed by atoms with E-state index in [-0.39, 0.29) is 12.5 Å². The van der Waals surface area contributed by atoms with Crippen LogP contribution in [0.5, 0.6) is 0 Å². The van der Waals surface area contributed by atoms with Crippen LogP contribution in [-0.2, 0) is 14.3 Å². The molecule has 1 aliphatic rings. The molecule has 0 aliphatic carbocycles. The number of carbonyl (C=O) groups excluding carboxylic acids is 1. The summed E-state index contributed by atoms with van der Waals surface area (Å²) in [6.45, 7) is 3.90. The molecular weight excluding hydrogens is 212 g/mol. The maximum atomic E-state index is 10.9. The van der Waals surface area contributed by atoms with Crippen LogP contribution >= 0.6 is 0 Å². The fraction of sp³-hybridized carbons (Fsp3) is 0.800. The summed E-state index contributed by atoms with van der Waals surface area (Å²) in [7, 11) is 1.38. The van der Waals surface area contributed by atoms with Crippen LogP contribution in [0.3, 0.4) is 0 Å². The minimum absolute atomic E-state index is 0.102. The van der Waals surface area contributed by atoms with Crippen molar-refractivity contribution in [3.63, 3.8) is 0 Å². The molecule has 1 N–H and O–H groups in total. The molecule has 16 heavy (non-hydrogen) atoms. The molecule has 1 fully saturated rings. The van der Waals surface area contributed by atoms with Crippen molar-refractivity contribution in [3.05, 3.63) is 0 Å². The van der Waals surface area contributed by atoms with E-state index < -0.39 is 5.97 Å². The van der Waals surface area contributed by atoms with E-state index in [4.69, 9.17) is 5.11 Å². The molecule has 92 valence electrons. The van der Waals surface area contributed by atoms with Crippen LogP contribution in [0.2, 0.25) is 0 Å². The van der Waals surface area contributed by atoms with Crippen LogP contribution in [0.1, 0.15) is 6.42 Å². The van der Waals surface area contributed by atoms with Gasteiger partial charge >= 0.3 is 11.9 Å². The maximum absolute atomic E-state index is 10.9. The second-order valence-electron chi connectivity index (χ2n) is 3.84. The fourth-order valence-corrected chi connectivity index (χ4v) is 1.71. The Labute approximate surface area is 94.8 Å². The lowest BCUT2D eigenvalue weighted by Crippen LogP contribution is -2.48. The lowest BCUT2D eigenvalue weighted by molar-refractivity contribution is -0.141. The van der Waals surface area contributed by atoms with Gasteiger partial charge < -0.3 is 14.7 Å². The molecular formula is C10H18N2O4. The Balaban J connectivity index is 2.16. The molecule has 0 aromatic rings. The first kappa shape index (κ1) is 12.9. The molecule has 1 saturated heterocycles. The minimum Gasteiger partial charge on any atom is -0.480 e. The smallest absolute Gasteiger partial charge is 0.317 e. The van der Waals surface area contributed by atoms with E-state index in [1.54, 1.807) is 0 Å². The van der Waals surface area contributed by atoms with Crippen molar-refractivity contribution in [2.45, 2.75) is 6.42 Å². The maximum Gasteiger partial charge on any atom is 0.317 e. The Morgan fingerprint density at radius 2 is 1.75 bits per heavy atom. The van der Waals surface area contributed by atoms with Crippen LogP contribution in [0.15, 0.2) is 0 Å². The van der Waals surface area contributed by atoms with Crippen LogP contribution in [0.25, 0.3) is 0 Å². The highest BCUT2D eigenvalue weighted by molar-refractivity contribution is 5.69. The third-order valence-corrected chi connectivity index (χ3v) is 2.68. The number of hydrogen-bond donors (Lipinski definition) is 1. The summed E-state index contributed by atoms with van der Waals surface area (Å²) in [4.78, 5) is 25.5. The predicted octanol–water partition coefficient (Wildman–Crippen LogP) is -0.748. The molecule has 6 heteroatoms. The van der Waals surface area contributed by atoms with Gasteiger partial charge in [0.15, 0.2) is 0 Å². The molecule has 0 aromatic carbocycles. The number of carbonyl (C=O) groups is 2. The molecule has 1 rings (SSSR count). The standard InChI is InChI=1S/C10H18N2O4/c1-16-10(15)2-3-11-4-6-12(7-5-11)8-9(13)14/h2-8H2,1H3,(H,13,14). The number of nitrogens with zero attached hydrogens (tertiary/aromatic N) is 2. The molecule has 0 spiro atoms. The summed E-state index contributed by atoms with van der Waals surface area (Å²) < 4.78 is 4.56. The molecule has 0 saturated carbocycles. The van der Waals surface area contributed by atoms with E-state index in [2.05, 4.69) is 9.64 Å². The van der Waals surface area contributed by atoms with Gasteiger partial charge in [0.25, 0.3) is 0 Å². The van der Waals surface area contributed by atoms with Crippen molar-refractivity contribution in [2.24, 2.45) is 0 Å². The predicted molar refractivity (Wildman–Crippen MR) is 57.1 cm³/mol. The van der Waals surface area contributed by atoms with E-state index in [1.165, 1.54) is 7.11 Å². The number of esters is 1. The van der Waals surface area contributed by atoms with Crippen LogP contribution < -0.4 is 0 Å². The van der Waals surface area contributed by atoms with Gasteiger partial charge in [-0.15, -0.1) is 0 Å². The average Bonchev–Trinajstić information content (AvgIpc) is 2.27. The molecule has 0 bridgehead atoms. The van der Waals surface area contributed by atoms with Crippen molar-refractivity contribution in [2.75, 3.05) is 46.4 Å². The van der Waals surface area contributed by atoms with Gasteiger partial charge in [-0.1, -0.05) is 0 Å².